The number of carbonyl (C=O) groups is 2. The third kappa shape index (κ3) is 4.45. The van der Waals surface area contributed by atoms with Crippen LogP contribution in [0.4, 0.5) is 13.2 Å². The van der Waals surface area contributed by atoms with Gasteiger partial charge in [-0.25, -0.2) is 9.48 Å². The van der Waals surface area contributed by atoms with E-state index in [4.69, 9.17) is 4.74 Å². The highest BCUT2D eigenvalue weighted by Crippen LogP contribution is 2.30. The minimum absolute atomic E-state index is 0.235. The summed E-state index contributed by atoms with van der Waals surface area (Å²) in [6.07, 6.45) is -4.52. The van der Waals surface area contributed by atoms with Crippen LogP contribution in [0.25, 0.3) is 15.9 Å². The lowest BCUT2D eigenvalue weighted by atomic mass is 10.3. The summed E-state index contributed by atoms with van der Waals surface area (Å²) in [4.78, 5) is 24.4. The van der Waals surface area contributed by atoms with Gasteiger partial charge in [-0.1, -0.05) is 18.2 Å². The van der Waals surface area contributed by atoms with E-state index in [0.717, 1.165) is 27.2 Å². The van der Waals surface area contributed by atoms with Gasteiger partial charge < -0.3 is 10.1 Å². The Labute approximate surface area is 155 Å². The van der Waals surface area contributed by atoms with Gasteiger partial charge in [-0.3, -0.25) is 4.79 Å². The van der Waals surface area contributed by atoms with E-state index in [1.54, 1.807) is 23.0 Å². The van der Waals surface area contributed by atoms with Gasteiger partial charge in [-0.05, 0) is 25.1 Å². The number of thiophene rings is 1. The molecule has 0 saturated carbocycles. The normalized spacial score (nSPS) is 11.6. The Morgan fingerprint density at radius 2 is 1.96 bits per heavy atom. The molecule has 2 heterocycles. The number of aryl methyl sites for hydroxylation is 1. The first-order valence-electron chi connectivity index (χ1n) is 7.80. The van der Waals surface area contributed by atoms with Gasteiger partial charge in [0.25, 0.3) is 5.91 Å². The van der Waals surface area contributed by atoms with Gasteiger partial charge >= 0.3 is 12.1 Å². The molecule has 1 aromatic carbocycles. The highest BCUT2D eigenvalue weighted by molar-refractivity contribution is 7.20. The van der Waals surface area contributed by atoms with E-state index < -0.39 is 31.2 Å². The van der Waals surface area contributed by atoms with Crippen LogP contribution in [0.5, 0.6) is 0 Å². The minimum atomic E-state index is -4.52. The van der Waals surface area contributed by atoms with Crippen molar-refractivity contribution in [3.8, 4) is 5.69 Å². The molecular weight excluding hydrogens is 383 g/mol. The molecule has 3 rings (SSSR count). The molecule has 0 atom stereocenters. The quantitative estimate of drug-likeness (QED) is 0.671. The topological polar surface area (TPSA) is 73.2 Å². The van der Waals surface area contributed by atoms with Gasteiger partial charge in [0.2, 0.25) is 0 Å². The molecule has 10 heteroatoms. The zero-order chi connectivity index (χ0) is 19.6. The van der Waals surface area contributed by atoms with Gasteiger partial charge in [0.15, 0.2) is 6.61 Å². The van der Waals surface area contributed by atoms with Crippen molar-refractivity contribution in [3.63, 3.8) is 0 Å². The average Bonchev–Trinajstić information content (AvgIpc) is 3.19. The maximum absolute atomic E-state index is 12.1. The molecule has 1 N–H and O–H groups in total. The van der Waals surface area contributed by atoms with Crippen LogP contribution in [0.3, 0.4) is 0 Å². The molecule has 0 radical (unpaired) electrons. The molecule has 6 nitrogen and oxygen atoms in total. The fourth-order valence-electron chi connectivity index (χ4n) is 2.34. The second-order valence-corrected chi connectivity index (χ2v) is 6.66. The number of nitrogens with zero attached hydrogens (tertiary/aromatic N) is 2. The first kappa shape index (κ1) is 18.9. The number of hydrogen-bond acceptors (Lipinski definition) is 5. The van der Waals surface area contributed by atoms with Crippen molar-refractivity contribution in [3.05, 3.63) is 47.0 Å². The number of benzene rings is 1. The predicted molar refractivity (Wildman–Crippen MR) is 93.0 cm³/mol. The maximum Gasteiger partial charge on any atom is 0.405 e. The van der Waals surface area contributed by atoms with Crippen molar-refractivity contribution >= 4 is 33.4 Å². The minimum Gasteiger partial charge on any atom is -0.451 e. The summed E-state index contributed by atoms with van der Waals surface area (Å²) < 4.78 is 42.6. The van der Waals surface area contributed by atoms with Crippen LogP contribution in [0.1, 0.15) is 15.4 Å². The number of esters is 1. The number of rotatable bonds is 5. The van der Waals surface area contributed by atoms with Gasteiger partial charge in [-0.2, -0.15) is 18.3 Å². The van der Waals surface area contributed by atoms with E-state index in [1.807, 2.05) is 30.3 Å². The molecular formula is C17H14F3N3O3S. The van der Waals surface area contributed by atoms with E-state index in [9.17, 15) is 22.8 Å². The SMILES string of the molecule is Cc1nn(-c2ccccc2)c2sc(C(=O)OCC(=O)NCC(F)(F)F)cc12. The summed E-state index contributed by atoms with van der Waals surface area (Å²) in [5.41, 5.74) is 1.54. The fourth-order valence-corrected chi connectivity index (χ4v) is 3.42. The summed E-state index contributed by atoms with van der Waals surface area (Å²) in [5, 5.41) is 6.85. The molecule has 3 aromatic rings. The van der Waals surface area contributed by atoms with E-state index >= 15 is 0 Å². The molecule has 0 aliphatic carbocycles. The largest absolute Gasteiger partial charge is 0.451 e. The molecule has 0 aliphatic rings. The Balaban J connectivity index is 1.72. The Morgan fingerprint density at radius 3 is 2.63 bits per heavy atom. The first-order chi connectivity index (χ1) is 12.7. The van der Waals surface area contributed by atoms with Crippen molar-refractivity contribution < 1.29 is 27.5 Å². The van der Waals surface area contributed by atoms with Gasteiger partial charge in [-0.15, -0.1) is 11.3 Å². The van der Waals surface area contributed by atoms with Crippen molar-refractivity contribution in [1.82, 2.24) is 15.1 Å². The van der Waals surface area contributed by atoms with Crippen molar-refractivity contribution in [2.24, 2.45) is 0 Å². The molecule has 142 valence electrons. The van der Waals surface area contributed by atoms with E-state index in [2.05, 4.69) is 5.10 Å². The van der Waals surface area contributed by atoms with Crippen LogP contribution in [0.2, 0.25) is 0 Å². The number of ether oxygens (including phenoxy) is 1. The van der Waals surface area contributed by atoms with Gasteiger partial charge in [0.05, 0.1) is 11.4 Å². The maximum atomic E-state index is 12.1. The molecule has 0 fully saturated rings. The van der Waals surface area contributed by atoms with Crippen LogP contribution in [0, 0.1) is 6.92 Å². The highest BCUT2D eigenvalue weighted by atomic mass is 32.1. The molecule has 0 saturated heterocycles. The second-order valence-electron chi connectivity index (χ2n) is 5.63. The highest BCUT2D eigenvalue weighted by Gasteiger charge is 2.28. The Morgan fingerprint density at radius 1 is 1.26 bits per heavy atom. The number of aromatic nitrogens is 2. The summed E-state index contributed by atoms with van der Waals surface area (Å²) >= 11 is 1.13. The molecule has 0 spiro atoms. The number of para-hydroxylation sites is 1. The van der Waals surface area contributed by atoms with Crippen molar-refractivity contribution in [2.45, 2.75) is 13.1 Å². The zero-order valence-electron chi connectivity index (χ0n) is 14.0. The number of amides is 1. The molecule has 0 bridgehead atoms. The van der Waals surface area contributed by atoms with Gasteiger partial charge in [0, 0.05) is 5.39 Å². The number of alkyl halides is 3. The average molecular weight is 397 g/mol. The van der Waals surface area contributed by atoms with E-state index in [-0.39, 0.29) is 4.88 Å². The molecule has 27 heavy (non-hydrogen) atoms. The number of carbonyl (C=O) groups excluding carboxylic acids is 2. The smallest absolute Gasteiger partial charge is 0.405 e. The summed E-state index contributed by atoms with van der Waals surface area (Å²) in [7, 11) is 0. The Kier molecular flexibility index (Phi) is 5.17. The standard InChI is InChI=1S/C17H14F3N3O3S/c1-10-12-7-13(16(25)26-8-14(24)21-9-17(18,19)20)27-15(12)23(22-10)11-5-3-2-4-6-11/h2-7H,8-9H2,1H3,(H,21,24). The summed E-state index contributed by atoms with van der Waals surface area (Å²) in [6, 6.07) is 10.9. The van der Waals surface area contributed by atoms with Crippen molar-refractivity contribution in [2.75, 3.05) is 13.2 Å². The van der Waals surface area contributed by atoms with Crippen molar-refractivity contribution in [1.29, 1.82) is 0 Å². The fraction of sp³-hybridized carbons (Fsp3) is 0.235. The number of halogens is 3. The lowest BCUT2D eigenvalue weighted by Gasteiger charge is -2.08. The number of hydrogen-bond donors (Lipinski definition) is 1. The lowest BCUT2D eigenvalue weighted by Crippen LogP contribution is -2.36. The predicted octanol–water partition coefficient (Wildman–Crippen LogP) is 3.23. The van der Waals surface area contributed by atoms with E-state index in [1.165, 1.54) is 0 Å². The van der Waals surface area contributed by atoms with Crippen LogP contribution in [-0.4, -0.2) is 41.0 Å². The number of fused-ring (bicyclic) bond motifs is 1. The summed E-state index contributed by atoms with van der Waals surface area (Å²) in [5.74, 6) is -1.80. The third-order valence-electron chi connectivity index (χ3n) is 3.57. The molecule has 1 amide bonds. The zero-order valence-corrected chi connectivity index (χ0v) is 14.9. The van der Waals surface area contributed by atoms with Crippen LogP contribution < -0.4 is 5.32 Å². The van der Waals surface area contributed by atoms with Crippen LogP contribution in [-0.2, 0) is 9.53 Å². The second kappa shape index (κ2) is 7.39. The van der Waals surface area contributed by atoms with Crippen LogP contribution in [0.15, 0.2) is 36.4 Å². The molecule has 0 aliphatic heterocycles. The summed E-state index contributed by atoms with van der Waals surface area (Å²) in [6.45, 7) is -0.459. The van der Waals surface area contributed by atoms with Gasteiger partial charge in [0.1, 0.15) is 16.3 Å². The monoisotopic (exact) mass is 397 g/mol. The Bertz CT molecular complexity index is 980. The lowest BCUT2D eigenvalue weighted by molar-refractivity contribution is -0.140. The first-order valence-corrected chi connectivity index (χ1v) is 8.61. The van der Waals surface area contributed by atoms with Crippen LogP contribution >= 0.6 is 11.3 Å². The Hall–Kier alpha value is -2.88. The third-order valence-corrected chi connectivity index (χ3v) is 4.66. The molecule has 0 unspecified atom stereocenters. The number of nitrogens with one attached hydrogen (secondary N) is 1. The van der Waals surface area contributed by atoms with E-state index in [0.29, 0.717) is 5.69 Å². The molecule has 2 aromatic heterocycles.